The zero-order valence-electron chi connectivity index (χ0n) is 24.8. The SMILES string of the molecule is CN(C)c1cc(NCc2ccc3c(c2)OCO3)c(O)c2c1C[C@@H]1C[C@@H]3[C@@H](N(C)C)C(O)C(C(N)=O)C(=O)[C@]3(O)C(=O)C1=C2O. The minimum atomic E-state index is -2.71. The van der Waals surface area contributed by atoms with E-state index >= 15 is 0 Å². The maximum absolute atomic E-state index is 14.1. The number of phenolic OH excluding ortho intramolecular Hbond substituents is 1. The molecule has 0 radical (unpaired) electrons. The van der Waals surface area contributed by atoms with Crippen LogP contribution in [0.4, 0.5) is 11.4 Å². The molecule has 2 aromatic rings. The van der Waals surface area contributed by atoms with Crippen LogP contribution >= 0.6 is 0 Å². The second-order valence-corrected chi connectivity index (χ2v) is 12.4. The number of carbonyl (C=O) groups excluding carboxylic acids is 3. The van der Waals surface area contributed by atoms with Crippen LogP contribution in [0.1, 0.15) is 23.1 Å². The first-order valence-corrected chi connectivity index (χ1v) is 14.3. The quantitative estimate of drug-likeness (QED) is 0.197. The van der Waals surface area contributed by atoms with Crippen LogP contribution in [0.25, 0.3) is 5.76 Å². The molecule has 1 heterocycles. The number of ether oxygens (including phenoxy) is 2. The number of nitrogens with one attached hydrogen (secondary N) is 1. The molecule has 2 fully saturated rings. The molecule has 6 rings (SSSR count). The smallest absolute Gasteiger partial charge is 0.231 e. The summed E-state index contributed by atoms with van der Waals surface area (Å²) in [5, 5.41) is 49.2. The Morgan fingerprint density at radius 2 is 1.82 bits per heavy atom. The largest absolute Gasteiger partial charge is 0.507 e. The Bertz CT molecular complexity index is 1620. The van der Waals surface area contributed by atoms with Crippen LogP contribution < -0.4 is 25.4 Å². The van der Waals surface area contributed by atoms with E-state index in [1.807, 2.05) is 31.1 Å². The van der Waals surface area contributed by atoms with Crippen molar-refractivity contribution < 1.29 is 44.3 Å². The standard InChI is InChI=1S/C31H36N4O9/c1-34(2)18-10-17(33-11-13-5-6-19-20(7-13)44-12-43-19)25(36)22-15(18)8-14-9-16-24(35(3)4)27(38)23(30(32)41)29(40)31(16,42)28(39)21(14)26(22)37/h5-7,10,14,16,23-24,27,33,36-38,42H,8-9,11-12H2,1-4H3,(H2,32,41)/t14-,16-,23?,24-,27?,31-/m1/s1. The number of hydrogen-bond acceptors (Lipinski definition) is 12. The molecule has 4 aliphatic rings. The van der Waals surface area contributed by atoms with Gasteiger partial charge in [0.05, 0.1) is 17.4 Å². The maximum Gasteiger partial charge on any atom is 0.231 e. The normalized spacial score (nSPS) is 28.8. The van der Waals surface area contributed by atoms with Crippen LogP contribution in [-0.2, 0) is 27.3 Å². The Kier molecular flexibility index (Phi) is 7.02. The van der Waals surface area contributed by atoms with E-state index in [-0.39, 0.29) is 48.8 Å². The fourth-order valence-electron chi connectivity index (χ4n) is 7.43. The fourth-order valence-corrected chi connectivity index (χ4v) is 7.43. The molecule has 13 heteroatoms. The Labute approximate surface area is 253 Å². The van der Waals surface area contributed by atoms with E-state index in [0.29, 0.717) is 22.7 Å². The highest BCUT2D eigenvalue weighted by molar-refractivity contribution is 6.25. The van der Waals surface area contributed by atoms with Crippen molar-refractivity contribution in [3.8, 4) is 17.2 Å². The van der Waals surface area contributed by atoms with Gasteiger partial charge in [-0.1, -0.05) is 6.07 Å². The van der Waals surface area contributed by atoms with Gasteiger partial charge in [-0.05, 0) is 62.2 Å². The summed E-state index contributed by atoms with van der Waals surface area (Å²) in [5.41, 5.74) is 4.97. The highest BCUT2D eigenvalue weighted by Crippen LogP contribution is 2.54. The molecule has 13 nitrogen and oxygen atoms in total. The number of aliphatic hydroxyl groups excluding tert-OH is 2. The molecule has 2 unspecified atom stereocenters. The van der Waals surface area contributed by atoms with Crippen molar-refractivity contribution in [2.45, 2.75) is 37.1 Å². The minimum absolute atomic E-state index is 0.0185. The van der Waals surface area contributed by atoms with E-state index in [1.54, 1.807) is 31.1 Å². The molecule has 6 atom stereocenters. The van der Waals surface area contributed by atoms with E-state index in [4.69, 9.17) is 15.2 Å². The van der Waals surface area contributed by atoms with Crippen molar-refractivity contribution >= 4 is 34.6 Å². The van der Waals surface area contributed by atoms with Crippen molar-refractivity contribution in [2.75, 3.05) is 45.2 Å². The lowest BCUT2D eigenvalue weighted by Gasteiger charge is -2.53. The van der Waals surface area contributed by atoms with Crippen molar-refractivity contribution in [3.63, 3.8) is 0 Å². The van der Waals surface area contributed by atoms with E-state index in [1.165, 1.54) is 0 Å². The predicted molar refractivity (Wildman–Crippen MR) is 158 cm³/mol. The molecule has 2 aromatic carbocycles. The summed E-state index contributed by atoms with van der Waals surface area (Å²) in [5.74, 6) is -6.54. The molecular weight excluding hydrogens is 572 g/mol. The number of aliphatic hydroxyl groups is 3. The van der Waals surface area contributed by atoms with Gasteiger partial charge in [0, 0.05) is 43.9 Å². The number of Topliss-reactive ketones (excluding diaryl/α,β-unsaturated/α-hetero) is 2. The third-order valence-corrected chi connectivity index (χ3v) is 9.47. The molecule has 0 bridgehead atoms. The van der Waals surface area contributed by atoms with Crippen LogP contribution in [0, 0.1) is 17.8 Å². The van der Waals surface area contributed by atoms with E-state index in [9.17, 15) is 34.8 Å². The van der Waals surface area contributed by atoms with Crippen LogP contribution in [0.15, 0.2) is 29.8 Å². The third kappa shape index (κ3) is 4.21. The van der Waals surface area contributed by atoms with Gasteiger partial charge in [-0.15, -0.1) is 0 Å². The number of ketones is 2. The molecule has 7 N–H and O–H groups in total. The number of carbonyl (C=O) groups is 3. The Hall–Kier alpha value is -4.33. The van der Waals surface area contributed by atoms with Crippen LogP contribution in [0.2, 0.25) is 0 Å². The first kappa shape index (κ1) is 29.7. The number of benzene rings is 2. The zero-order valence-corrected chi connectivity index (χ0v) is 24.8. The van der Waals surface area contributed by atoms with E-state index in [0.717, 1.165) is 5.56 Å². The number of nitrogens with two attached hydrogens (primary N) is 1. The van der Waals surface area contributed by atoms with Gasteiger partial charge in [-0.25, -0.2) is 0 Å². The number of fused-ring (bicyclic) bond motifs is 4. The van der Waals surface area contributed by atoms with Gasteiger partial charge < -0.3 is 50.8 Å². The summed E-state index contributed by atoms with van der Waals surface area (Å²) in [7, 11) is 6.87. The molecule has 1 aliphatic heterocycles. The average Bonchev–Trinajstić information content (AvgIpc) is 3.42. The van der Waals surface area contributed by atoms with Gasteiger partial charge in [0.2, 0.25) is 18.5 Å². The molecule has 3 aliphatic carbocycles. The number of primary amides is 1. The highest BCUT2D eigenvalue weighted by Gasteiger charge is 2.67. The van der Waals surface area contributed by atoms with Crippen LogP contribution in [0.5, 0.6) is 17.2 Å². The van der Waals surface area contributed by atoms with E-state index < -0.39 is 58.7 Å². The van der Waals surface area contributed by atoms with Crippen LogP contribution in [-0.4, -0.2) is 95.5 Å². The molecule has 234 valence electrons. The predicted octanol–water partition coefficient (Wildman–Crippen LogP) is 0.536. The van der Waals surface area contributed by atoms with Gasteiger partial charge in [0.25, 0.3) is 0 Å². The Morgan fingerprint density at radius 3 is 2.48 bits per heavy atom. The van der Waals surface area contributed by atoms with Gasteiger partial charge in [0.15, 0.2) is 22.9 Å². The van der Waals surface area contributed by atoms with E-state index in [2.05, 4.69) is 5.32 Å². The summed E-state index contributed by atoms with van der Waals surface area (Å²) in [6.45, 7) is 0.423. The van der Waals surface area contributed by atoms with Crippen LogP contribution in [0.3, 0.4) is 0 Å². The van der Waals surface area contributed by atoms with Crippen molar-refractivity contribution in [3.05, 3.63) is 46.5 Å². The zero-order chi connectivity index (χ0) is 31.8. The number of rotatable bonds is 6. The molecule has 0 aromatic heterocycles. The number of phenols is 1. The lowest BCUT2D eigenvalue weighted by atomic mass is 9.54. The maximum atomic E-state index is 14.1. The first-order chi connectivity index (χ1) is 20.8. The first-order valence-electron chi connectivity index (χ1n) is 14.3. The summed E-state index contributed by atoms with van der Waals surface area (Å²) in [4.78, 5) is 43.4. The minimum Gasteiger partial charge on any atom is -0.507 e. The van der Waals surface area contributed by atoms with Crippen molar-refractivity contribution in [2.24, 2.45) is 23.5 Å². The van der Waals surface area contributed by atoms with Crippen molar-refractivity contribution in [1.82, 2.24) is 4.90 Å². The molecule has 44 heavy (non-hydrogen) atoms. The second-order valence-electron chi connectivity index (χ2n) is 12.4. The highest BCUT2D eigenvalue weighted by atomic mass is 16.7. The topological polar surface area (TPSA) is 195 Å². The number of nitrogens with zero attached hydrogens (tertiary/aromatic N) is 2. The van der Waals surface area contributed by atoms with Gasteiger partial charge in [0.1, 0.15) is 17.4 Å². The second kappa shape index (κ2) is 10.4. The molecule has 0 saturated heterocycles. The summed E-state index contributed by atoms with van der Waals surface area (Å²) < 4.78 is 10.8. The molecule has 2 saturated carbocycles. The third-order valence-electron chi connectivity index (χ3n) is 9.47. The number of likely N-dealkylation sites (N-methyl/N-ethyl adjacent to an activating group) is 1. The van der Waals surface area contributed by atoms with Gasteiger partial charge >= 0.3 is 0 Å². The monoisotopic (exact) mass is 608 g/mol. The fraction of sp³-hybridized carbons (Fsp3) is 0.452. The van der Waals surface area contributed by atoms with Crippen molar-refractivity contribution in [1.29, 1.82) is 0 Å². The van der Waals surface area contributed by atoms with Gasteiger partial charge in [-0.3, -0.25) is 14.4 Å². The lowest BCUT2D eigenvalue weighted by molar-refractivity contribution is -0.184. The summed E-state index contributed by atoms with van der Waals surface area (Å²) in [6, 6.07) is 6.26. The molecule has 1 amide bonds. The summed E-state index contributed by atoms with van der Waals surface area (Å²) >= 11 is 0. The summed E-state index contributed by atoms with van der Waals surface area (Å²) in [6.07, 6.45) is -1.28. The number of amides is 1. The number of anilines is 2. The lowest BCUT2D eigenvalue weighted by Crippen LogP contribution is -2.73. The number of hydrogen-bond donors (Lipinski definition) is 6. The Morgan fingerprint density at radius 1 is 1.11 bits per heavy atom. The average molecular weight is 609 g/mol. The number of aromatic hydroxyl groups is 1. The molecule has 0 spiro atoms. The molecular formula is C31H36N4O9. The van der Waals surface area contributed by atoms with Gasteiger partial charge in [-0.2, -0.15) is 0 Å². The Balaban J connectivity index is 1.43.